The molecular weight excluding hydrogens is 221 g/mol. The Morgan fingerprint density at radius 3 is 2.71 bits per heavy atom. The van der Waals surface area contributed by atoms with E-state index >= 15 is 0 Å². The van der Waals surface area contributed by atoms with Crippen LogP contribution in [0.1, 0.15) is 6.42 Å². The van der Waals surface area contributed by atoms with E-state index < -0.39 is 11.6 Å². The van der Waals surface area contributed by atoms with E-state index in [0.29, 0.717) is 6.54 Å². The summed E-state index contributed by atoms with van der Waals surface area (Å²) in [5, 5.41) is 0. The average Bonchev–Trinajstić information content (AvgIpc) is 2.73. The minimum absolute atomic E-state index is 0.119. The van der Waals surface area contributed by atoms with Gasteiger partial charge in [-0.05, 0) is 12.1 Å². The van der Waals surface area contributed by atoms with Gasteiger partial charge < -0.3 is 9.80 Å². The van der Waals surface area contributed by atoms with Crippen LogP contribution in [0.2, 0.25) is 0 Å². The average molecular weight is 237 g/mol. The van der Waals surface area contributed by atoms with Gasteiger partial charge in [0.25, 0.3) is 5.91 Å². The summed E-state index contributed by atoms with van der Waals surface area (Å²) in [4.78, 5) is 18.9. The van der Waals surface area contributed by atoms with Gasteiger partial charge in [-0.2, -0.15) is 0 Å². The van der Waals surface area contributed by atoms with E-state index in [1.165, 1.54) is 4.90 Å². The number of nitrogens with zero attached hydrogens (tertiary/aromatic N) is 3. The Morgan fingerprint density at radius 1 is 1.47 bits per heavy atom. The highest BCUT2D eigenvalue weighted by atomic mass is 19.1. The van der Waals surface area contributed by atoms with Crippen LogP contribution in [0, 0.1) is 0 Å². The van der Waals surface area contributed by atoms with Crippen LogP contribution in [0.25, 0.3) is 0 Å². The molecule has 17 heavy (non-hydrogen) atoms. The van der Waals surface area contributed by atoms with Gasteiger partial charge in [0, 0.05) is 45.1 Å². The first kappa shape index (κ1) is 11.8. The first-order valence-electron chi connectivity index (χ1n) is 5.58. The van der Waals surface area contributed by atoms with E-state index in [2.05, 4.69) is 4.98 Å². The standard InChI is InChI=1S/C12H16FN3O/c1-15(2)11(17)12(13)5-8-16(9-12)10-3-6-14-7-4-10/h3-4,6-7H,5,8-9H2,1-2H3. The molecule has 1 fully saturated rings. The smallest absolute Gasteiger partial charge is 0.261 e. The summed E-state index contributed by atoms with van der Waals surface area (Å²) in [6.45, 7) is 0.675. The van der Waals surface area contributed by atoms with Gasteiger partial charge in [0.2, 0.25) is 5.67 Å². The molecule has 0 aromatic carbocycles. The molecule has 0 bridgehead atoms. The molecule has 0 aliphatic carbocycles. The highest BCUT2D eigenvalue weighted by Crippen LogP contribution is 2.30. The van der Waals surface area contributed by atoms with Crippen LogP contribution in [0.3, 0.4) is 0 Å². The summed E-state index contributed by atoms with van der Waals surface area (Å²) >= 11 is 0. The number of halogens is 1. The second-order valence-corrected chi connectivity index (χ2v) is 4.54. The van der Waals surface area contributed by atoms with Crippen molar-refractivity contribution in [2.75, 3.05) is 32.1 Å². The molecule has 0 N–H and O–H groups in total. The maximum Gasteiger partial charge on any atom is 0.261 e. The number of aromatic nitrogens is 1. The number of rotatable bonds is 2. The normalized spacial score (nSPS) is 23.8. The first-order valence-corrected chi connectivity index (χ1v) is 5.58. The minimum atomic E-state index is -1.76. The molecule has 1 aromatic rings. The van der Waals surface area contributed by atoms with Crippen LogP contribution in [-0.2, 0) is 4.79 Å². The summed E-state index contributed by atoms with van der Waals surface area (Å²) in [7, 11) is 3.16. The van der Waals surface area contributed by atoms with Gasteiger partial charge in [0.05, 0.1) is 6.54 Å². The molecule has 0 radical (unpaired) electrons. The Bertz CT molecular complexity index is 409. The number of anilines is 1. The number of hydrogen-bond acceptors (Lipinski definition) is 3. The Kier molecular flexibility index (Phi) is 3.00. The highest BCUT2D eigenvalue weighted by Gasteiger charge is 2.46. The second kappa shape index (κ2) is 4.31. The van der Waals surface area contributed by atoms with Crippen molar-refractivity contribution in [2.24, 2.45) is 0 Å². The van der Waals surface area contributed by atoms with Crippen molar-refractivity contribution >= 4 is 11.6 Å². The molecule has 0 saturated carbocycles. The van der Waals surface area contributed by atoms with Crippen molar-refractivity contribution in [1.29, 1.82) is 0 Å². The summed E-state index contributed by atoms with van der Waals surface area (Å²) < 4.78 is 14.4. The lowest BCUT2D eigenvalue weighted by molar-refractivity contribution is -0.139. The lowest BCUT2D eigenvalue weighted by atomic mass is 10.0. The predicted octanol–water partition coefficient (Wildman–Crippen LogP) is 1.09. The quantitative estimate of drug-likeness (QED) is 0.772. The third-order valence-corrected chi connectivity index (χ3v) is 3.04. The third-order valence-electron chi connectivity index (χ3n) is 3.04. The molecule has 1 atom stereocenters. The molecule has 1 amide bonds. The fourth-order valence-corrected chi connectivity index (χ4v) is 2.12. The number of alkyl halides is 1. The summed E-state index contributed by atoms with van der Waals surface area (Å²) in [6, 6.07) is 3.65. The van der Waals surface area contributed by atoms with Crippen LogP contribution in [-0.4, -0.2) is 48.6 Å². The molecule has 1 unspecified atom stereocenters. The molecule has 1 saturated heterocycles. The number of pyridine rings is 1. The molecule has 1 aromatic heterocycles. The van der Waals surface area contributed by atoms with Gasteiger partial charge >= 0.3 is 0 Å². The topological polar surface area (TPSA) is 36.4 Å². The van der Waals surface area contributed by atoms with Crippen LogP contribution in [0.5, 0.6) is 0 Å². The summed E-state index contributed by atoms with van der Waals surface area (Å²) in [5.74, 6) is -0.450. The SMILES string of the molecule is CN(C)C(=O)C1(F)CCN(c2ccncc2)C1. The maximum atomic E-state index is 14.4. The Labute approximate surface area is 100 Å². The molecule has 92 valence electrons. The molecule has 4 nitrogen and oxygen atoms in total. The Balaban J connectivity index is 2.12. The molecule has 5 heteroatoms. The van der Waals surface area contributed by atoms with E-state index in [9.17, 15) is 9.18 Å². The Hall–Kier alpha value is -1.65. The predicted molar refractivity (Wildman–Crippen MR) is 63.6 cm³/mol. The van der Waals surface area contributed by atoms with Crippen molar-refractivity contribution in [3.63, 3.8) is 0 Å². The number of hydrogen-bond donors (Lipinski definition) is 0. The van der Waals surface area contributed by atoms with E-state index in [1.807, 2.05) is 17.0 Å². The molecule has 1 aliphatic heterocycles. The fourth-order valence-electron chi connectivity index (χ4n) is 2.12. The van der Waals surface area contributed by atoms with Crippen molar-refractivity contribution in [1.82, 2.24) is 9.88 Å². The van der Waals surface area contributed by atoms with Crippen molar-refractivity contribution in [3.8, 4) is 0 Å². The Morgan fingerprint density at radius 2 is 2.12 bits per heavy atom. The fraction of sp³-hybridized carbons (Fsp3) is 0.500. The number of amides is 1. The van der Waals surface area contributed by atoms with Crippen molar-refractivity contribution in [3.05, 3.63) is 24.5 Å². The third kappa shape index (κ3) is 2.23. The van der Waals surface area contributed by atoms with Gasteiger partial charge in [0.1, 0.15) is 0 Å². The van der Waals surface area contributed by atoms with Gasteiger partial charge in [0.15, 0.2) is 0 Å². The van der Waals surface area contributed by atoms with Gasteiger partial charge in [-0.3, -0.25) is 9.78 Å². The van der Waals surface area contributed by atoms with Crippen LogP contribution < -0.4 is 4.90 Å². The lowest BCUT2D eigenvalue weighted by Gasteiger charge is -2.24. The second-order valence-electron chi connectivity index (χ2n) is 4.54. The van der Waals surface area contributed by atoms with Gasteiger partial charge in [-0.15, -0.1) is 0 Å². The van der Waals surface area contributed by atoms with Crippen LogP contribution >= 0.6 is 0 Å². The van der Waals surface area contributed by atoms with Crippen molar-refractivity contribution < 1.29 is 9.18 Å². The van der Waals surface area contributed by atoms with Crippen molar-refractivity contribution in [2.45, 2.75) is 12.1 Å². The largest absolute Gasteiger partial charge is 0.368 e. The number of carbonyl (C=O) groups is 1. The molecule has 2 rings (SSSR count). The monoisotopic (exact) mass is 237 g/mol. The number of carbonyl (C=O) groups excluding carboxylic acids is 1. The zero-order valence-corrected chi connectivity index (χ0v) is 10.1. The van der Waals surface area contributed by atoms with Crippen LogP contribution in [0.15, 0.2) is 24.5 Å². The van der Waals surface area contributed by atoms with Gasteiger partial charge in [-0.1, -0.05) is 0 Å². The molecule has 2 heterocycles. The van der Waals surface area contributed by atoms with Crippen LogP contribution in [0.4, 0.5) is 10.1 Å². The van der Waals surface area contributed by atoms with E-state index in [4.69, 9.17) is 0 Å². The summed E-state index contributed by atoms with van der Waals surface area (Å²) in [6.07, 6.45) is 3.58. The zero-order valence-electron chi connectivity index (χ0n) is 10.1. The summed E-state index contributed by atoms with van der Waals surface area (Å²) in [5.41, 5.74) is -0.849. The lowest BCUT2D eigenvalue weighted by Crippen LogP contribution is -2.44. The van der Waals surface area contributed by atoms with E-state index in [0.717, 1.165) is 5.69 Å². The first-order chi connectivity index (χ1) is 8.03. The molecule has 1 aliphatic rings. The highest BCUT2D eigenvalue weighted by molar-refractivity contribution is 5.86. The van der Waals surface area contributed by atoms with E-state index in [-0.39, 0.29) is 13.0 Å². The molecule has 0 spiro atoms. The molecular formula is C12H16FN3O. The zero-order chi connectivity index (χ0) is 12.5. The van der Waals surface area contributed by atoms with E-state index in [1.54, 1.807) is 26.5 Å². The maximum absolute atomic E-state index is 14.4. The van der Waals surface area contributed by atoms with Gasteiger partial charge in [-0.25, -0.2) is 4.39 Å². The minimum Gasteiger partial charge on any atom is -0.368 e.